The van der Waals surface area contributed by atoms with E-state index in [0.717, 1.165) is 0 Å². The van der Waals surface area contributed by atoms with Crippen LogP contribution in [0.5, 0.6) is 0 Å². The van der Waals surface area contributed by atoms with Crippen molar-refractivity contribution in [3.05, 3.63) is 0 Å². The third-order valence-corrected chi connectivity index (χ3v) is 2.38. The van der Waals surface area contributed by atoms with Gasteiger partial charge in [0.25, 0.3) is 0 Å². The fourth-order valence-corrected chi connectivity index (χ4v) is 0.333. The van der Waals surface area contributed by atoms with Crippen LogP contribution in [0.15, 0.2) is 0 Å². The van der Waals surface area contributed by atoms with E-state index >= 15 is 0 Å². The number of rotatable bonds is 2. The Balaban J connectivity index is 3.14. The van der Waals surface area contributed by atoms with Crippen molar-refractivity contribution in [2.24, 2.45) is 5.92 Å². The van der Waals surface area contributed by atoms with Crippen LogP contribution in [-0.4, -0.2) is 12.0 Å². The van der Waals surface area contributed by atoms with Crippen molar-refractivity contribution in [3.8, 4) is 0 Å². The van der Waals surface area contributed by atoms with Gasteiger partial charge in [-0.3, -0.25) is 0 Å². The zero-order valence-electron chi connectivity index (χ0n) is 5.03. The molecule has 0 saturated carbocycles. The van der Waals surface area contributed by atoms with Gasteiger partial charge in [0.1, 0.15) is 0 Å². The minimum Gasteiger partial charge on any atom is -0.308 e. The first-order valence-corrected chi connectivity index (χ1v) is 3.41. The molecule has 2 heteroatoms. The minimum absolute atomic E-state index is 0.465. The summed E-state index contributed by atoms with van der Waals surface area (Å²) in [6.07, 6.45) is 0. The second kappa shape index (κ2) is 3.44. The molecule has 1 unspecified atom stereocenters. The predicted molar refractivity (Wildman–Crippen MR) is 36.6 cm³/mol. The lowest BCUT2D eigenvalue weighted by molar-refractivity contribution is 0.561. The number of alkyl halides is 1. The molecule has 1 atom stereocenters. The quantitative estimate of drug-likeness (QED) is 0.485. The van der Waals surface area contributed by atoms with Crippen molar-refractivity contribution in [2.45, 2.75) is 18.8 Å². The van der Waals surface area contributed by atoms with Gasteiger partial charge >= 0.3 is 0 Å². The summed E-state index contributed by atoms with van der Waals surface area (Å²) >= 11 is 3.43. The van der Waals surface area contributed by atoms with E-state index < -0.39 is 0 Å². The number of hydrogen-bond donors (Lipinski definition) is 1. The molecular weight excluding hydrogens is 154 g/mol. The Morgan fingerprint density at radius 1 is 1.43 bits per heavy atom. The maximum absolute atomic E-state index is 3.43. The van der Waals surface area contributed by atoms with Crippen molar-refractivity contribution in [1.29, 1.82) is 0 Å². The first kappa shape index (κ1) is 7.44. The van der Waals surface area contributed by atoms with Gasteiger partial charge in [0.05, 0.1) is 4.95 Å². The SMILES string of the molecule is CNC(Br)C(C)C. The highest BCUT2D eigenvalue weighted by molar-refractivity contribution is 9.09. The summed E-state index contributed by atoms with van der Waals surface area (Å²) < 4.78 is 0. The molecule has 0 saturated heterocycles. The summed E-state index contributed by atoms with van der Waals surface area (Å²) in [7, 11) is 1.94. The summed E-state index contributed by atoms with van der Waals surface area (Å²) in [5.41, 5.74) is 0. The molecule has 0 heterocycles. The van der Waals surface area contributed by atoms with Gasteiger partial charge in [0.2, 0.25) is 0 Å². The van der Waals surface area contributed by atoms with Crippen molar-refractivity contribution < 1.29 is 0 Å². The van der Waals surface area contributed by atoms with Crippen LogP contribution >= 0.6 is 15.9 Å². The van der Waals surface area contributed by atoms with E-state index in [1.165, 1.54) is 0 Å². The lowest BCUT2D eigenvalue weighted by Gasteiger charge is -2.10. The van der Waals surface area contributed by atoms with E-state index in [2.05, 4.69) is 35.1 Å². The molecule has 0 amide bonds. The Bertz CT molecular complexity index is 45.3. The molecule has 0 aliphatic carbocycles. The molecule has 0 bridgehead atoms. The lowest BCUT2D eigenvalue weighted by Crippen LogP contribution is -2.23. The second-order valence-corrected chi connectivity index (χ2v) is 2.92. The summed E-state index contributed by atoms with van der Waals surface area (Å²) in [4.78, 5) is 0.465. The number of hydrogen-bond acceptors (Lipinski definition) is 1. The highest BCUT2D eigenvalue weighted by Crippen LogP contribution is 2.05. The summed E-state index contributed by atoms with van der Waals surface area (Å²) in [6.45, 7) is 4.33. The van der Waals surface area contributed by atoms with Crippen LogP contribution in [0.2, 0.25) is 0 Å². The zero-order valence-corrected chi connectivity index (χ0v) is 6.62. The van der Waals surface area contributed by atoms with Crippen LogP contribution in [0.3, 0.4) is 0 Å². The van der Waals surface area contributed by atoms with E-state index in [1.54, 1.807) is 0 Å². The molecular formula is C5H12BrN. The van der Waals surface area contributed by atoms with E-state index in [1.807, 2.05) is 7.05 Å². The largest absolute Gasteiger partial charge is 0.308 e. The van der Waals surface area contributed by atoms with Crippen LogP contribution in [-0.2, 0) is 0 Å². The molecule has 0 fully saturated rings. The van der Waals surface area contributed by atoms with Crippen LogP contribution < -0.4 is 5.32 Å². The van der Waals surface area contributed by atoms with Gasteiger partial charge in [-0.2, -0.15) is 0 Å². The average molecular weight is 166 g/mol. The maximum atomic E-state index is 3.43. The first-order valence-electron chi connectivity index (χ1n) is 2.49. The molecule has 0 rings (SSSR count). The highest BCUT2D eigenvalue weighted by Gasteiger charge is 2.02. The molecule has 0 aliphatic heterocycles. The van der Waals surface area contributed by atoms with Crippen molar-refractivity contribution in [1.82, 2.24) is 5.32 Å². The van der Waals surface area contributed by atoms with E-state index in [9.17, 15) is 0 Å². The second-order valence-electron chi connectivity index (χ2n) is 1.93. The van der Waals surface area contributed by atoms with Gasteiger partial charge in [-0.05, 0) is 13.0 Å². The van der Waals surface area contributed by atoms with Gasteiger partial charge in [-0.1, -0.05) is 29.8 Å². The molecule has 44 valence electrons. The molecule has 0 aromatic carbocycles. The van der Waals surface area contributed by atoms with Gasteiger partial charge < -0.3 is 5.32 Å². The van der Waals surface area contributed by atoms with Crippen molar-refractivity contribution in [2.75, 3.05) is 7.05 Å². The Labute approximate surface area is 53.6 Å². The van der Waals surface area contributed by atoms with Gasteiger partial charge in [0, 0.05) is 0 Å². The molecule has 0 radical (unpaired) electrons. The summed E-state index contributed by atoms with van der Waals surface area (Å²) in [5.74, 6) is 0.671. The van der Waals surface area contributed by atoms with Crippen molar-refractivity contribution >= 4 is 15.9 Å². The van der Waals surface area contributed by atoms with Gasteiger partial charge in [-0.15, -0.1) is 0 Å². The predicted octanol–water partition coefficient (Wildman–Crippen LogP) is 1.58. The zero-order chi connectivity index (χ0) is 5.86. The summed E-state index contributed by atoms with van der Waals surface area (Å²) in [5, 5.41) is 3.08. The minimum atomic E-state index is 0.465. The van der Waals surface area contributed by atoms with Crippen LogP contribution in [0.4, 0.5) is 0 Å². The van der Waals surface area contributed by atoms with E-state index in [4.69, 9.17) is 0 Å². The standard InChI is InChI=1S/C5H12BrN/c1-4(2)5(6)7-3/h4-5,7H,1-3H3. The average Bonchev–Trinajstić information content (AvgIpc) is 1.65. The Kier molecular flexibility index (Phi) is 3.66. The molecule has 7 heavy (non-hydrogen) atoms. The third-order valence-electron chi connectivity index (χ3n) is 0.861. The van der Waals surface area contributed by atoms with Crippen LogP contribution in [0.1, 0.15) is 13.8 Å². The monoisotopic (exact) mass is 165 g/mol. The number of halogens is 1. The molecule has 1 nitrogen and oxygen atoms in total. The normalized spacial score (nSPS) is 15.0. The lowest BCUT2D eigenvalue weighted by atomic mass is 10.2. The van der Waals surface area contributed by atoms with Gasteiger partial charge in [-0.25, -0.2) is 0 Å². The maximum Gasteiger partial charge on any atom is 0.0651 e. The van der Waals surface area contributed by atoms with E-state index in [0.29, 0.717) is 10.9 Å². The Morgan fingerprint density at radius 2 is 1.86 bits per heavy atom. The molecule has 0 aromatic rings. The highest BCUT2D eigenvalue weighted by atomic mass is 79.9. The van der Waals surface area contributed by atoms with E-state index in [-0.39, 0.29) is 0 Å². The summed E-state index contributed by atoms with van der Waals surface area (Å²) in [6, 6.07) is 0. The third kappa shape index (κ3) is 3.06. The Hall–Kier alpha value is 0.440. The molecule has 1 N–H and O–H groups in total. The Morgan fingerprint density at radius 3 is 1.86 bits per heavy atom. The molecule has 0 aliphatic rings. The smallest absolute Gasteiger partial charge is 0.0651 e. The fraction of sp³-hybridized carbons (Fsp3) is 1.00. The van der Waals surface area contributed by atoms with Crippen molar-refractivity contribution in [3.63, 3.8) is 0 Å². The molecule has 0 spiro atoms. The fourth-order valence-electron chi connectivity index (χ4n) is 0.333. The van der Waals surface area contributed by atoms with Gasteiger partial charge in [0.15, 0.2) is 0 Å². The first-order chi connectivity index (χ1) is 3.18. The van der Waals surface area contributed by atoms with Crippen LogP contribution in [0, 0.1) is 5.92 Å². The topological polar surface area (TPSA) is 12.0 Å². The van der Waals surface area contributed by atoms with Crippen LogP contribution in [0.25, 0.3) is 0 Å². The molecule has 0 aromatic heterocycles. The number of nitrogens with one attached hydrogen (secondary N) is 1.